The molecule has 150 valence electrons. The van der Waals surface area contributed by atoms with Crippen molar-refractivity contribution in [3.05, 3.63) is 39.8 Å². The lowest BCUT2D eigenvalue weighted by molar-refractivity contribution is -0.129. The van der Waals surface area contributed by atoms with E-state index in [4.69, 9.17) is 4.98 Å². The van der Waals surface area contributed by atoms with Crippen molar-refractivity contribution >= 4 is 23.2 Å². The summed E-state index contributed by atoms with van der Waals surface area (Å²) < 4.78 is 1.69. The van der Waals surface area contributed by atoms with E-state index < -0.39 is 0 Å². The van der Waals surface area contributed by atoms with Crippen molar-refractivity contribution in [3.63, 3.8) is 0 Å². The Morgan fingerprint density at radius 3 is 2.71 bits per heavy atom. The standard InChI is InChI=1S/C21H28N4O2S/c1-3-8-25-20(27)19-16-7-5-4-6-15(16)13-17(19)22-21(25)28-14-18(26)24-11-9-23(2)10-12-24/h3H,1,4-14H2,2H3. The molecule has 0 radical (unpaired) electrons. The summed E-state index contributed by atoms with van der Waals surface area (Å²) in [4.78, 5) is 34.8. The highest BCUT2D eigenvalue weighted by atomic mass is 32.2. The van der Waals surface area contributed by atoms with Crippen LogP contribution in [0.4, 0.5) is 0 Å². The van der Waals surface area contributed by atoms with Crippen molar-refractivity contribution in [2.24, 2.45) is 0 Å². The van der Waals surface area contributed by atoms with Crippen LogP contribution < -0.4 is 5.56 Å². The summed E-state index contributed by atoms with van der Waals surface area (Å²) in [5.41, 5.74) is 4.40. The van der Waals surface area contributed by atoms with Crippen molar-refractivity contribution in [1.29, 1.82) is 0 Å². The van der Waals surface area contributed by atoms with Crippen LogP contribution in [0.15, 0.2) is 28.2 Å². The second-order valence-corrected chi connectivity index (χ2v) is 8.80. The minimum absolute atomic E-state index is 0.0337. The Labute approximate surface area is 170 Å². The molecule has 0 N–H and O–H groups in total. The van der Waals surface area contributed by atoms with Crippen LogP contribution in [0, 0.1) is 0 Å². The van der Waals surface area contributed by atoms with E-state index >= 15 is 0 Å². The first-order valence-electron chi connectivity index (χ1n) is 10.1. The SMILES string of the molecule is C=CCn1c(SCC(=O)N2CCN(C)CC2)nc2c(c1=O)C1=C(CCCC1)C2. The predicted molar refractivity (Wildman–Crippen MR) is 113 cm³/mol. The van der Waals surface area contributed by atoms with E-state index in [9.17, 15) is 9.59 Å². The second kappa shape index (κ2) is 8.25. The van der Waals surface area contributed by atoms with Gasteiger partial charge in [-0.05, 0) is 38.3 Å². The fourth-order valence-corrected chi connectivity index (χ4v) is 5.27. The lowest BCUT2D eigenvalue weighted by Gasteiger charge is -2.32. The van der Waals surface area contributed by atoms with E-state index in [2.05, 4.69) is 18.5 Å². The Kier molecular flexibility index (Phi) is 5.73. The summed E-state index contributed by atoms with van der Waals surface area (Å²) in [6.45, 7) is 7.58. The monoisotopic (exact) mass is 400 g/mol. The van der Waals surface area contributed by atoms with Gasteiger partial charge in [0.2, 0.25) is 5.91 Å². The number of nitrogens with zero attached hydrogens (tertiary/aromatic N) is 4. The molecule has 1 aliphatic heterocycles. The first kappa shape index (κ1) is 19.5. The normalized spacial score (nSPS) is 19.5. The first-order valence-corrected chi connectivity index (χ1v) is 11.1. The average Bonchev–Trinajstić information content (AvgIpc) is 3.07. The van der Waals surface area contributed by atoms with Crippen LogP contribution >= 0.6 is 11.8 Å². The van der Waals surface area contributed by atoms with E-state index in [0.29, 0.717) is 17.5 Å². The van der Waals surface area contributed by atoms with Crippen LogP contribution in [0.3, 0.4) is 0 Å². The minimum atomic E-state index is 0.0337. The van der Waals surface area contributed by atoms with Crippen molar-refractivity contribution in [2.45, 2.75) is 43.8 Å². The van der Waals surface area contributed by atoms with Gasteiger partial charge in [-0.2, -0.15) is 0 Å². The number of allylic oxidation sites excluding steroid dienone is 3. The number of aromatic nitrogens is 2. The molecular weight excluding hydrogens is 372 g/mol. The Balaban J connectivity index is 1.55. The molecule has 2 aliphatic carbocycles. The fourth-order valence-electron chi connectivity index (χ4n) is 4.35. The Bertz CT molecular complexity index is 881. The number of likely N-dealkylation sites (N-methyl/N-ethyl adjacent to an activating group) is 1. The summed E-state index contributed by atoms with van der Waals surface area (Å²) in [5.74, 6) is 0.439. The first-order chi connectivity index (χ1) is 13.6. The van der Waals surface area contributed by atoms with Crippen molar-refractivity contribution in [2.75, 3.05) is 39.0 Å². The van der Waals surface area contributed by atoms with E-state index in [1.807, 2.05) is 4.90 Å². The van der Waals surface area contributed by atoms with E-state index in [-0.39, 0.29) is 11.5 Å². The topological polar surface area (TPSA) is 58.4 Å². The molecule has 0 atom stereocenters. The van der Waals surface area contributed by atoms with Gasteiger partial charge in [0.15, 0.2) is 5.16 Å². The predicted octanol–water partition coefficient (Wildman–Crippen LogP) is 2.18. The van der Waals surface area contributed by atoms with Crippen molar-refractivity contribution < 1.29 is 4.79 Å². The molecule has 1 amide bonds. The van der Waals surface area contributed by atoms with Gasteiger partial charge >= 0.3 is 0 Å². The van der Waals surface area contributed by atoms with Gasteiger partial charge in [-0.3, -0.25) is 14.2 Å². The molecule has 1 fully saturated rings. The summed E-state index contributed by atoms with van der Waals surface area (Å²) in [7, 11) is 2.08. The molecule has 4 rings (SSSR count). The number of piperazine rings is 1. The van der Waals surface area contributed by atoms with Crippen LogP contribution in [0.1, 0.15) is 36.9 Å². The van der Waals surface area contributed by atoms with Crippen LogP contribution in [0.2, 0.25) is 0 Å². The molecule has 3 aliphatic rings. The highest BCUT2D eigenvalue weighted by molar-refractivity contribution is 7.99. The van der Waals surface area contributed by atoms with Crippen LogP contribution in [-0.4, -0.2) is 64.2 Å². The number of carbonyl (C=O) groups is 1. The number of amides is 1. The summed E-state index contributed by atoms with van der Waals surface area (Å²) in [5, 5.41) is 0.644. The zero-order valence-corrected chi connectivity index (χ0v) is 17.4. The average molecular weight is 401 g/mol. The van der Waals surface area contributed by atoms with Gasteiger partial charge in [-0.15, -0.1) is 6.58 Å². The quantitative estimate of drug-likeness (QED) is 0.431. The zero-order chi connectivity index (χ0) is 19.7. The van der Waals surface area contributed by atoms with Crippen LogP contribution in [0.5, 0.6) is 0 Å². The maximum Gasteiger partial charge on any atom is 0.262 e. The number of hydrogen-bond donors (Lipinski definition) is 0. The highest BCUT2D eigenvalue weighted by Gasteiger charge is 2.30. The molecule has 28 heavy (non-hydrogen) atoms. The Morgan fingerprint density at radius 1 is 1.21 bits per heavy atom. The number of rotatable bonds is 5. The zero-order valence-electron chi connectivity index (χ0n) is 16.6. The molecule has 0 aromatic carbocycles. The van der Waals surface area contributed by atoms with Gasteiger partial charge < -0.3 is 9.80 Å². The molecule has 2 heterocycles. The van der Waals surface area contributed by atoms with Gasteiger partial charge in [-0.25, -0.2) is 4.98 Å². The molecule has 0 spiro atoms. The lowest BCUT2D eigenvalue weighted by atomic mass is 9.92. The van der Waals surface area contributed by atoms with Crippen LogP contribution in [0.25, 0.3) is 5.57 Å². The molecule has 1 saturated heterocycles. The van der Waals surface area contributed by atoms with E-state index in [0.717, 1.165) is 63.1 Å². The minimum Gasteiger partial charge on any atom is -0.339 e. The molecule has 0 saturated carbocycles. The molecule has 7 heteroatoms. The number of hydrogen-bond acceptors (Lipinski definition) is 5. The third-order valence-corrected chi connectivity index (χ3v) is 6.93. The Hall–Kier alpha value is -1.86. The molecule has 1 aromatic rings. The smallest absolute Gasteiger partial charge is 0.262 e. The number of fused-ring (bicyclic) bond motifs is 2. The van der Waals surface area contributed by atoms with Crippen molar-refractivity contribution in [1.82, 2.24) is 19.4 Å². The molecule has 1 aromatic heterocycles. The van der Waals surface area contributed by atoms with Crippen LogP contribution in [-0.2, 0) is 17.8 Å². The highest BCUT2D eigenvalue weighted by Crippen LogP contribution is 2.39. The molecule has 0 bridgehead atoms. The Morgan fingerprint density at radius 2 is 1.96 bits per heavy atom. The third-order valence-electron chi connectivity index (χ3n) is 5.97. The summed E-state index contributed by atoms with van der Waals surface area (Å²) in [6, 6.07) is 0. The van der Waals surface area contributed by atoms with Gasteiger partial charge in [0, 0.05) is 39.1 Å². The number of thioether (sulfide) groups is 1. The summed E-state index contributed by atoms with van der Waals surface area (Å²) in [6.07, 6.45) is 6.95. The maximum atomic E-state index is 13.2. The lowest BCUT2D eigenvalue weighted by Crippen LogP contribution is -2.47. The van der Waals surface area contributed by atoms with E-state index in [1.165, 1.54) is 29.3 Å². The molecule has 6 nitrogen and oxygen atoms in total. The maximum absolute atomic E-state index is 13.2. The summed E-state index contributed by atoms with van der Waals surface area (Å²) >= 11 is 1.38. The van der Waals surface area contributed by atoms with Gasteiger partial charge in [0.05, 0.1) is 17.0 Å². The number of carbonyl (C=O) groups excluding carboxylic acids is 1. The third kappa shape index (κ3) is 3.70. The molecular formula is C21H28N4O2S. The van der Waals surface area contributed by atoms with Crippen molar-refractivity contribution in [3.8, 4) is 0 Å². The molecule has 0 unspecified atom stereocenters. The second-order valence-electron chi connectivity index (χ2n) is 7.86. The van der Waals surface area contributed by atoms with E-state index in [1.54, 1.807) is 10.6 Å². The van der Waals surface area contributed by atoms with Gasteiger partial charge in [0.25, 0.3) is 5.56 Å². The largest absolute Gasteiger partial charge is 0.339 e. The van der Waals surface area contributed by atoms with Gasteiger partial charge in [-0.1, -0.05) is 23.4 Å². The van der Waals surface area contributed by atoms with Gasteiger partial charge in [0.1, 0.15) is 0 Å². The fraction of sp³-hybridized carbons (Fsp3) is 0.571.